The van der Waals surface area contributed by atoms with Crippen LogP contribution in [0.3, 0.4) is 0 Å². The smallest absolute Gasteiger partial charge is 0.325 e. The van der Waals surface area contributed by atoms with Crippen molar-refractivity contribution in [1.82, 2.24) is 4.90 Å². The maximum Gasteiger partial charge on any atom is 0.325 e. The predicted molar refractivity (Wildman–Crippen MR) is 78.7 cm³/mol. The Morgan fingerprint density at radius 2 is 2.37 bits per heavy atom. The van der Waals surface area contributed by atoms with Crippen LogP contribution in [0, 0.1) is 0 Å². The number of unbranched alkanes of at least 4 members (excludes halogenated alkanes) is 1. The van der Waals surface area contributed by atoms with Crippen molar-refractivity contribution in [2.75, 3.05) is 6.54 Å². The number of rotatable bonds is 6. The molecule has 0 bridgehead atoms. The molecule has 3 nitrogen and oxygen atoms in total. The van der Waals surface area contributed by atoms with E-state index in [-0.39, 0.29) is 0 Å². The Labute approximate surface area is 119 Å². The highest BCUT2D eigenvalue weighted by Crippen LogP contribution is 2.36. The second-order valence-electron chi connectivity index (χ2n) is 5.23. The number of fused-ring (bicyclic) bond motifs is 1. The Balaban J connectivity index is 2.22. The summed E-state index contributed by atoms with van der Waals surface area (Å²) in [5, 5.41) is 11.6. The van der Waals surface area contributed by atoms with Crippen molar-refractivity contribution in [3.63, 3.8) is 0 Å². The maximum atomic E-state index is 11.7. The van der Waals surface area contributed by atoms with E-state index in [9.17, 15) is 9.90 Å². The van der Waals surface area contributed by atoms with Crippen LogP contribution >= 0.6 is 11.3 Å². The molecule has 0 amide bonds. The van der Waals surface area contributed by atoms with E-state index in [1.54, 1.807) is 11.3 Å². The number of carbonyl (C=O) groups is 1. The molecular weight excluding hydrogens is 258 g/mol. The second kappa shape index (κ2) is 6.53. The van der Waals surface area contributed by atoms with Crippen molar-refractivity contribution in [2.24, 2.45) is 0 Å². The third-order valence-corrected chi connectivity index (χ3v) is 5.06. The van der Waals surface area contributed by atoms with Crippen molar-refractivity contribution in [3.05, 3.63) is 21.9 Å². The fourth-order valence-corrected chi connectivity index (χ4v) is 3.95. The third-order valence-electron chi connectivity index (χ3n) is 4.07. The first-order valence-electron chi connectivity index (χ1n) is 7.23. The molecule has 4 heteroatoms. The fourth-order valence-electron chi connectivity index (χ4n) is 3.05. The lowest BCUT2D eigenvalue weighted by atomic mass is 9.95. The quantitative estimate of drug-likeness (QED) is 0.864. The molecule has 106 valence electrons. The van der Waals surface area contributed by atoms with Crippen molar-refractivity contribution in [2.45, 2.75) is 58.0 Å². The first kappa shape index (κ1) is 14.5. The molecule has 0 fully saturated rings. The van der Waals surface area contributed by atoms with Crippen LogP contribution in [0.5, 0.6) is 0 Å². The van der Waals surface area contributed by atoms with Gasteiger partial charge in [0.25, 0.3) is 0 Å². The van der Waals surface area contributed by atoms with E-state index in [4.69, 9.17) is 0 Å². The Kier molecular flexibility index (Phi) is 4.99. The van der Waals surface area contributed by atoms with Gasteiger partial charge in [-0.15, -0.1) is 11.3 Å². The average molecular weight is 281 g/mol. The number of hydrogen-bond donors (Lipinski definition) is 1. The first-order valence-corrected chi connectivity index (χ1v) is 8.11. The minimum Gasteiger partial charge on any atom is -0.480 e. The lowest BCUT2D eigenvalue weighted by Gasteiger charge is -2.39. The van der Waals surface area contributed by atoms with Crippen molar-refractivity contribution in [1.29, 1.82) is 0 Å². The number of nitrogens with zero attached hydrogens (tertiary/aromatic N) is 1. The molecule has 0 saturated heterocycles. The number of hydrogen-bond acceptors (Lipinski definition) is 3. The van der Waals surface area contributed by atoms with Gasteiger partial charge in [-0.3, -0.25) is 9.69 Å². The van der Waals surface area contributed by atoms with Gasteiger partial charge < -0.3 is 5.11 Å². The zero-order chi connectivity index (χ0) is 13.8. The van der Waals surface area contributed by atoms with Gasteiger partial charge >= 0.3 is 5.97 Å². The summed E-state index contributed by atoms with van der Waals surface area (Å²) in [6.07, 6.45) is 5.49. The summed E-state index contributed by atoms with van der Waals surface area (Å²) in [5.41, 5.74) is 1.03. The minimum absolute atomic E-state index is 0.397. The van der Waals surface area contributed by atoms with E-state index in [2.05, 4.69) is 18.7 Å². The molecule has 2 unspecified atom stereocenters. The molecule has 1 aromatic rings. The Bertz CT molecular complexity index is 430. The summed E-state index contributed by atoms with van der Waals surface area (Å²) in [5.74, 6) is -0.700. The number of carboxylic acids is 1. The molecule has 2 atom stereocenters. The van der Waals surface area contributed by atoms with Crippen LogP contribution in [0.2, 0.25) is 0 Å². The van der Waals surface area contributed by atoms with Crippen molar-refractivity contribution >= 4 is 17.3 Å². The molecule has 1 N–H and O–H groups in total. The van der Waals surface area contributed by atoms with Crippen LogP contribution in [0.1, 0.15) is 56.0 Å². The summed E-state index contributed by atoms with van der Waals surface area (Å²) in [7, 11) is 0. The zero-order valence-electron chi connectivity index (χ0n) is 11.8. The summed E-state index contributed by atoms with van der Waals surface area (Å²) >= 11 is 1.70. The molecule has 0 radical (unpaired) electrons. The minimum atomic E-state index is -0.700. The van der Waals surface area contributed by atoms with Gasteiger partial charge in [0.1, 0.15) is 6.04 Å². The number of carboxylic acid groups (broad SMARTS) is 1. The zero-order valence-corrected chi connectivity index (χ0v) is 12.6. The number of thiophene rings is 1. The topological polar surface area (TPSA) is 40.5 Å². The molecule has 2 rings (SSSR count). The molecular formula is C15H23NO2S. The van der Waals surface area contributed by atoms with Crippen molar-refractivity contribution in [3.8, 4) is 0 Å². The highest BCUT2D eigenvalue weighted by molar-refractivity contribution is 7.10. The summed E-state index contributed by atoms with van der Waals surface area (Å²) in [6.45, 7) is 5.24. The van der Waals surface area contributed by atoms with Gasteiger partial charge in [-0.25, -0.2) is 0 Å². The van der Waals surface area contributed by atoms with E-state index >= 15 is 0 Å². The van der Waals surface area contributed by atoms with Gasteiger partial charge in [-0.1, -0.05) is 26.7 Å². The predicted octanol–water partition coefficient (Wildman–Crippen LogP) is 3.70. The summed E-state index contributed by atoms with van der Waals surface area (Å²) < 4.78 is 0. The second-order valence-corrected chi connectivity index (χ2v) is 6.23. The molecule has 1 aromatic heterocycles. The highest BCUT2D eigenvalue weighted by atomic mass is 32.1. The molecule has 0 aromatic carbocycles. The lowest BCUT2D eigenvalue weighted by Crippen LogP contribution is -2.45. The van der Waals surface area contributed by atoms with E-state index in [1.807, 2.05) is 11.4 Å². The SMILES string of the molecule is CCCCC(CC)N1CCc2sccc2C1C(=O)O. The summed E-state index contributed by atoms with van der Waals surface area (Å²) in [4.78, 5) is 15.2. The molecule has 0 spiro atoms. The van der Waals surface area contributed by atoms with Crippen LogP contribution in [-0.4, -0.2) is 28.6 Å². The Morgan fingerprint density at radius 3 is 3.00 bits per heavy atom. The van der Waals surface area contributed by atoms with E-state index in [0.29, 0.717) is 6.04 Å². The van der Waals surface area contributed by atoms with E-state index in [0.717, 1.165) is 31.4 Å². The van der Waals surface area contributed by atoms with Crippen molar-refractivity contribution < 1.29 is 9.90 Å². The molecule has 0 saturated carbocycles. The van der Waals surface area contributed by atoms with E-state index < -0.39 is 12.0 Å². The van der Waals surface area contributed by atoms with Gasteiger partial charge in [-0.05, 0) is 36.3 Å². The average Bonchev–Trinajstić information content (AvgIpc) is 2.86. The van der Waals surface area contributed by atoms with Gasteiger partial charge in [0, 0.05) is 17.5 Å². The van der Waals surface area contributed by atoms with Gasteiger partial charge in [0.15, 0.2) is 0 Å². The highest BCUT2D eigenvalue weighted by Gasteiger charge is 2.36. The first-order chi connectivity index (χ1) is 9.19. The van der Waals surface area contributed by atoms with Crippen LogP contribution in [0.25, 0.3) is 0 Å². The standard InChI is InChI=1S/C15H23NO2S/c1-3-5-6-11(4-2)16-9-7-13-12(8-10-19-13)14(16)15(17)18/h8,10-11,14H,3-7,9H2,1-2H3,(H,17,18). The van der Waals surface area contributed by atoms with E-state index in [1.165, 1.54) is 17.7 Å². The van der Waals surface area contributed by atoms with Gasteiger partial charge in [0.2, 0.25) is 0 Å². The maximum absolute atomic E-state index is 11.7. The lowest BCUT2D eigenvalue weighted by molar-refractivity contribution is -0.145. The molecule has 0 aliphatic carbocycles. The Hall–Kier alpha value is -0.870. The third kappa shape index (κ3) is 3.00. The van der Waals surface area contributed by atoms with Crippen LogP contribution in [0.4, 0.5) is 0 Å². The number of aliphatic carboxylic acids is 1. The molecule has 1 aliphatic heterocycles. The largest absolute Gasteiger partial charge is 0.480 e. The van der Waals surface area contributed by atoms with Crippen LogP contribution in [-0.2, 0) is 11.2 Å². The summed E-state index contributed by atoms with van der Waals surface area (Å²) in [6, 6.07) is 1.96. The van der Waals surface area contributed by atoms with Gasteiger partial charge in [0.05, 0.1) is 0 Å². The molecule has 19 heavy (non-hydrogen) atoms. The van der Waals surface area contributed by atoms with Crippen LogP contribution in [0.15, 0.2) is 11.4 Å². The monoisotopic (exact) mass is 281 g/mol. The van der Waals surface area contributed by atoms with Gasteiger partial charge in [-0.2, -0.15) is 0 Å². The molecule has 1 aliphatic rings. The fraction of sp³-hybridized carbons (Fsp3) is 0.667. The normalized spacial score (nSPS) is 21.1. The van der Waals surface area contributed by atoms with Crippen LogP contribution < -0.4 is 0 Å². The Morgan fingerprint density at radius 1 is 1.58 bits per heavy atom. The molecule has 2 heterocycles.